The zero-order valence-electron chi connectivity index (χ0n) is 15.8. The Morgan fingerprint density at radius 2 is 1.18 bits per heavy atom. The van der Waals surface area contributed by atoms with Crippen LogP contribution in [0.4, 0.5) is 0 Å². The first-order chi connectivity index (χ1) is 10.3. The van der Waals surface area contributed by atoms with Crippen LogP contribution in [-0.4, -0.2) is 66.4 Å². The minimum absolute atomic E-state index is 0.00282. The van der Waals surface area contributed by atoms with Gasteiger partial charge in [0.2, 0.25) is 0 Å². The van der Waals surface area contributed by atoms with Crippen molar-refractivity contribution < 1.29 is 12.3 Å². The molecule has 0 aromatic heterocycles. The molecule has 0 N–H and O–H groups in total. The molecule has 1 aromatic carbocycles. The topological polar surface area (TPSA) is 27.7 Å². The van der Waals surface area contributed by atoms with Gasteiger partial charge in [0.05, 0.1) is 9.04 Å². The Balaban J connectivity index is 0. The van der Waals surface area contributed by atoms with Gasteiger partial charge in [-0.05, 0) is 39.3 Å². The molecule has 0 aliphatic heterocycles. The van der Waals surface area contributed by atoms with Crippen molar-refractivity contribution in [1.29, 1.82) is 0 Å². The van der Waals surface area contributed by atoms with Gasteiger partial charge in [0.15, 0.2) is 27.1 Å². The summed E-state index contributed by atoms with van der Waals surface area (Å²) >= 11 is 0. The Kier molecular flexibility index (Phi) is 20.3. The third-order valence-electron chi connectivity index (χ3n) is 2.63. The lowest BCUT2D eigenvalue weighted by atomic mass is 10.4. The zero-order valence-corrected chi connectivity index (χ0v) is 26.1. The highest BCUT2D eigenvalue weighted by molar-refractivity contribution is 7.05. The summed E-state index contributed by atoms with van der Waals surface area (Å²) in [5.74, 6) is 0. The Morgan fingerprint density at radius 1 is 0.773 bits per heavy atom. The van der Waals surface area contributed by atoms with Gasteiger partial charge in [-0.25, -0.2) is 0 Å². The summed E-state index contributed by atoms with van der Waals surface area (Å²) in [5.41, 5.74) is 0. The quantitative estimate of drug-likeness (QED) is 0.495. The van der Waals surface area contributed by atoms with Crippen LogP contribution in [0.5, 0.6) is 0 Å². The summed E-state index contributed by atoms with van der Waals surface area (Å²) in [4.78, 5) is 0. The fraction of sp³-hybridized carbons (Fsp3) is 0.500. The molecule has 0 heterocycles. The fourth-order valence-electron chi connectivity index (χ4n) is 1.06. The first-order valence-corrected chi connectivity index (χ1v) is 23.3. The second-order valence-corrected chi connectivity index (χ2v) is 21.6. The lowest BCUT2D eigenvalue weighted by molar-refractivity contribution is 0.640. The van der Waals surface area contributed by atoms with Crippen LogP contribution < -0.4 is 5.19 Å². The van der Waals surface area contributed by atoms with Gasteiger partial charge in [0.25, 0.3) is 0 Å². The standard InChI is InChI=1S/C8H16OSi3.2C2H10OSi2/c1-12(2)9-11-10-8-6-4-3-5-7-8;2*1-5(2)3-4/h3-7,12H,10-11H2,1-2H3;2*5H,1-2,4H3. The SMILES string of the molecule is C[SiH](C)O[SiH2][SiH2]c1ccccc1.C[SiH](C)O[SiH3].C[SiH](C)O[SiH3]. The van der Waals surface area contributed by atoms with Gasteiger partial charge in [0.1, 0.15) is 30.3 Å². The van der Waals surface area contributed by atoms with Crippen LogP contribution >= 0.6 is 0 Å². The van der Waals surface area contributed by atoms with E-state index in [0.717, 1.165) is 21.0 Å². The summed E-state index contributed by atoms with van der Waals surface area (Å²) in [6, 6.07) is 10.8. The predicted molar refractivity (Wildman–Crippen MR) is 123 cm³/mol. The fourth-order valence-corrected chi connectivity index (χ4v) is 11.3. The number of hydrogen-bond donors (Lipinski definition) is 0. The third kappa shape index (κ3) is 22.9. The summed E-state index contributed by atoms with van der Waals surface area (Å²) in [6.45, 7) is 13.2. The van der Waals surface area contributed by atoms with E-state index in [2.05, 4.69) is 69.6 Å². The van der Waals surface area contributed by atoms with E-state index in [1.807, 2.05) is 0 Å². The zero-order chi connectivity index (χ0) is 17.4. The molecule has 0 fully saturated rings. The Labute approximate surface area is 153 Å². The third-order valence-corrected chi connectivity index (χ3v) is 19.5. The van der Waals surface area contributed by atoms with E-state index in [0.29, 0.717) is 0 Å². The molecule has 0 saturated carbocycles. The van der Waals surface area contributed by atoms with Crippen molar-refractivity contribution in [2.45, 2.75) is 39.3 Å². The smallest absolute Gasteiger partial charge is 0.156 e. The van der Waals surface area contributed by atoms with Crippen LogP contribution in [0.15, 0.2) is 30.3 Å². The lowest BCUT2D eigenvalue weighted by Crippen LogP contribution is -2.25. The van der Waals surface area contributed by atoms with E-state index >= 15 is 0 Å². The molecule has 1 aromatic rings. The van der Waals surface area contributed by atoms with Crippen LogP contribution in [-0.2, 0) is 12.3 Å². The van der Waals surface area contributed by atoms with Crippen LogP contribution in [0.25, 0.3) is 0 Å². The van der Waals surface area contributed by atoms with Crippen LogP contribution in [0.2, 0.25) is 39.3 Å². The van der Waals surface area contributed by atoms with Gasteiger partial charge < -0.3 is 12.3 Å². The van der Waals surface area contributed by atoms with E-state index in [1.54, 1.807) is 5.19 Å². The van der Waals surface area contributed by atoms with Crippen LogP contribution in [0, 0.1) is 0 Å². The molecule has 0 atom stereocenters. The van der Waals surface area contributed by atoms with Crippen molar-refractivity contribution in [3.63, 3.8) is 0 Å². The molecule has 0 saturated heterocycles. The molecule has 0 spiro atoms. The number of hydrogen-bond acceptors (Lipinski definition) is 3. The molecule has 0 amide bonds. The maximum absolute atomic E-state index is 5.79. The molecule has 130 valence electrons. The van der Waals surface area contributed by atoms with Crippen LogP contribution in [0.1, 0.15) is 0 Å². The maximum Gasteiger partial charge on any atom is 0.156 e. The Hall–Kier alpha value is 0.618. The molecule has 22 heavy (non-hydrogen) atoms. The molecule has 10 heteroatoms. The first kappa shape index (κ1) is 24.9. The maximum atomic E-state index is 5.79. The Morgan fingerprint density at radius 3 is 1.50 bits per heavy atom. The minimum Gasteiger partial charge on any atom is -0.466 e. The molecule has 0 bridgehead atoms. The lowest BCUT2D eigenvalue weighted by Gasteiger charge is -2.05. The van der Waals surface area contributed by atoms with Crippen molar-refractivity contribution in [1.82, 2.24) is 0 Å². The van der Waals surface area contributed by atoms with Crippen molar-refractivity contribution in [2.24, 2.45) is 0 Å². The molecule has 1 rings (SSSR count). The highest BCUT2D eigenvalue weighted by Crippen LogP contribution is 1.83. The van der Waals surface area contributed by atoms with Gasteiger partial charge in [-0.3, -0.25) is 0 Å². The van der Waals surface area contributed by atoms with Gasteiger partial charge in [0, 0.05) is 0 Å². The number of rotatable bonds is 6. The van der Waals surface area contributed by atoms with Crippen molar-refractivity contribution >= 4 is 71.6 Å². The second-order valence-electron chi connectivity index (χ2n) is 5.72. The van der Waals surface area contributed by atoms with Gasteiger partial charge in [-0.2, -0.15) is 0 Å². The average molecular weight is 425 g/mol. The average Bonchev–Trinajstić information content (AvgIpc) is 2.49. The van der Waals surface area contributed by atoms with Crippen molar-refractivity contribution in [3.05, 3.63) is 30.3 Å². The van der Waals surface area contributed by atoms with Gasteiger partial charge >= 0.3 is 0 Å². The van der Waals surface area contributed by atoms with E-state index in [1.165, 1.54) is 0 Å². The monoisotopic (exact) mass is 424 g/mol. The first-order valence-electron chi connectivity index (χ1n) is 8.04. The second kappa shape index (κ2) is 18.0. The molecular formula is C12H36O3Si7. The Bertz CT molecular complexity index is 318. The highest BCUT2D eigenvalue weighted by Gasteiger charge is 1.97. The number of benzene rings is 1. The van der Waals surface area contributed by atoms with E-state index in [-0.39, 0.29) is 18.3 Å². The molecule has 0 aliphatic carbocycles. The highest BCUT2D eigenvalue weighted by atomic mass is 29.2. The van der Waals surface area contributed by atoms with Crippen LogP contribution in [0.3, 0.4) is 0 Å². The van der Waals surface area contributed by atoms with Gasteiger partial charge in [-0.1, -0.05) is 35.5 Å². The van der Waals surface area contributed by atoms with Crippen molar-refractivity contribution in [3.8, 4) is 0 Å². The van der Waals surface area contributed by atoms with E-state index in [4.69, 9.17) is 12.3 Å². The van der Waals surface area contributed by atoms with Crippen molar-refractivity contribution in [2.75, 3.05) is 0 Å². The molecule has 3 nitrogen and oxygen atoms in total. The molecular weight excluding hydrogens is 389 g/mol. The van der Waals surface area contributed by atoms with E-state index in [9.17, 15) is 0 Å². The minimum atomic E-state index is -0.715. The largest absolute Gasteiger partial charge is 0.466 e. The predicted octanol–water partition coefficient (Wildman–Crippen LogP) is -1.99. The van der Waals surface area contributed by atoms with Gasteiger partial charge in [-0.15, -0.1) is 0 Å². The summed E-state index contributed by atoms with van der Waals surface area (Å²) in [7, 11) is -0.157. The normalized spacial score (nSPS) is 11.5. The summed E-state index contributed by atoms with van der Waals surface area (Å²) in [5, 5.41) is 1.57. The molecule has 0 radical (unpaired) electrons. The molecule has 0 unspecified atom stereocenters. The summed E-state index contributed by atoms with van der Waals surface area (Å²) in [6.07, 6.45) is 0. The summed E-state index contributed by atoms with van der Waals surface area (Å²) < 4.78 is 15.8. The van der Waals surface area contributed by atoms with E-state index < -0.39 is 27.1 Å². The molecule has 0 aliphatic rings.